The average Bonchev–Trinajstić information content (AvgIpc) is 3.15. The molecular formula is C24H22N4. The lowest BCUT2D eigenvalue weighted by Crippen LogP contribution is -2.11. The van der Waals surface area contributed by atoms with E-state index in [0.717, 1.165) is 29.1 Å². The third kappa shape index (κ3) is 1.95. The molecule has 0 saturated carbocycles. The molecule has 138 valence electrons. The molecule has 6 aromatic rings. The van der Waals surface area contributed by atoms with Gasteiger partial charge in [-0.15, -0.1) is 0 Å². The van der Waals surface area contributed by atoms with Crippen molar-refractivity contribution in [3.8, 4) is 0 Å². The van der Waals surface area contributed by atoms with Crippen LogP contribution in [0.2, 0.25) is 0 Å². The number of hydrogen-bond acceptors (Lipinski definition) is 2. The fraction of sp³-hybridized carbons (Fsp3) is 0.250. The minimum absolute atomic E-state index is 0.150. The molecule has 0 unspecified atom stereocenters. The zero-order valence-electron chi connectivity index (χ0n) is 16.6. The van der Waals surface area contributed by atoms with Crippen molar-refractivity contribution in [2.24, 2.45) is 5.41 Å². The van der Waals surface area contributed by atoms with E-state index < -0.39 is 0 Å². The maximum Gasteiger partial charge on any atom is 0.149 e. The van der Waals surface area contributed by atoms with Gasteiger partial charge in [-0.1, -0.05) is 39.0 Å². The number of hydrogen-bond donors (Lipinski definition) is 0. The number of imidazole rings is 1. The average molecular weight is 366 g/mol. The van der Waals surface area contributed by atoms with Gasteiger partial charge in [0.15, 0.2) is 0 Å². The van der Waals surface area contributed by atoms with Gasteiger partial charge in [0.1, 0.15) is 16.9 Å². The van der Waals surface area contributed by atoms with Gasteiger partial charge in [-0.25, -0.2) is 9.97 Å². The van der Waals surface area contributed by atoms with Crippen LogP contribution in [0.1, 0.15) is 32.0 Å². The standard InChI is InChI=1S/C24H22N4/c1-14-11-16-15-7-5-6-8-19(15)27-21(16)17(12-14)22-25-10-9-20-26-18(13-24(2,3)4)23(27)28(20)22/h5-12H,13H2,1-4H3. The monoisotopic (exact) mass is 366 g/mol. The van der Waals surface area contributed by atoms with Crippen LogP contribution in [-0.4, -0.2) is 18.8 Å². The molecule has 0 fully saturated rings. The lowest BCUT2D eigenvalue weighted by atomic mass is 9.90. The van der Waals surface area contributed by atoms with Crippen LogP contribution in [0.3, 0.4) is 0 Å². The number of nitrogens with zero attached hydrogens (tertiary/aromatic N) is 4. The number of fused-ring (bicyclic) bond motifs is 5. The summed E-state index contributed by atoms with van der Waals surface area (Å²) in [7, 11) is 0. The van der Waals surface area contributed by atoms with E-state index in [0.29, 0.717) is 0 Å². The summed E-state index contributed by atoms with van der Waals surface area (Å²) < 4.78 is 4.66. The maximum absolute atomic E-state index is 5.05. The van der Waals surface area contributed by atoms with E-state index in [9.17, 15) is 0 Å². The summed E-state index contributed by atoms with van der Waals surface area (Å²) in [5, 5.41) is 3.76. The van der Waals surface area contributed by atoms with Crippen molar-refractivity contribution < 1.29 is 0 Å². The number of aromatic nitrogens is 4. The lowest BCUT2D eigenvalue weighted by Gasteiger charge is -2.17. The first-order valence-electron chi connectivity index (χ1n) is 9.83. The third-order valence-electron chi connectivity index (χ3n) is 5.64. The van der Waals surface area contributed by atoms with E-state index in [1.807, 2.05) is 12.3 Å². The van der Waals surface area contributed by atoms with E-state index in [1.54, 1.807) is 0 Å². The molecule has 0 saturated heterocycles. The molecule has 4 nitrogen and oxygen atoms in total. The minimum atomic E-state index is 0.150. The molecule has 0 bridgehead atoms. The van der Waals surface area contributed by atoms with E-state index >= 15 is 0 Å². The molecule has 0 spiro atoms. The number of aryl methyl sites for hydroxylation is 1. The predicted molar refractivity (Wildman–Crippen MR) is 116 cm³/mol. The Kier molecular flexibility index (Phi) is 2.84. The van der Waals surface area contributed by atoms with Crippen molar-refractivity contribution in [2.75, 3.05) is 0 Å². The van der Waals surface area contributed by atoms with Crippen molar-refractivity contribution in [2.45, 2.75) is 34.1 Å². The Bertz CT molecular complexity index is 1530. The molecule has 4 heteroatoms. The Morgan fingerprint density at radius 1 is 0.929 bits per heavy atom. The fourth-order valence-electron chi connectivity index (χ4n) is 4.70. The molecule has 0 aliphatic heterocycles. The van der Waals surface area contributed by atoms with Crippen LogP contribution < -0.4 is 0 Å². The second-order valence-corrected chi connectivity index (χ2v) is 9.14. The highest BCUT2D eigenvalue weighted by molar-refractivity contribution is 6.18. The Labute approximate surface area is 162 Å². The Balaban J connectivity index is 1.99. The Hall–Kier alpha value is -3.14. The first-order valence-corrected chi connectivity index (χ1v) is 9.83. The summed E-state index contributed by atoms with van der Waals surface area (Å²) in [6, 6.07) is 15.3. The van der Waals surface area contributed by atoms with Crippen LogP contribution in [-0.2, 0) is 6.42 Å². The second kappa shape index (κ2) is 5.02. The van der Waals surface area contributed by atoms with Crippen molar-refractivity contribution in [1.29, 1.82) is 0 Å². The fourth-order valence-corrected chi connectivity index (χ4v) is 4.70. The molecule has 4 heterocycles. The summed E-state index contributed by atoms with van der Waals surface area (Å²) in [5.41, 5.74) is 8.12. The predicted octanol–water partition coefficient (Wildman–Crippen LogP) is 5.78. The quantitative estimate of drug-likeness (QED) is 0.346. The molecule has 0 aliphatic rings. The molecule has 0 aliphatic carbocycles. The highest BCUT2D eigenvalue weighted by Crippen LogP contribution is 2.38. The normalized spacial score (nSPS) is 13.1. The summed E-state index contributed by atoms with van der Waals surface area (Å²) in [6.07, 6.45) is 2.80. The van der Waals surface area contributed by atoms with E-state index in [4.69, 9.17) is 9.97 Å². The van der Waals surface area contributed by atoms with Gasteiger partial charge < -0.3 is 0 Å². The van der Waals surface area contributed by atoms with Gasteiger partial charge in [0.05, 0.1) is 16.7 Å². The molecule has 6 rings (SSSR count). The summed E-state index contributed by atoms with van der Waals surface area (Å²) in [6.45, 7) is 8.97. The van der Waals surface area contributed by atoms with E-state index in [-0.39, 0.29) is 5.41 Å². The molecule has 4 aromatic heterocycles. The molecule has 0 N–H and O–H groups in total. The smallest absolute Gasteiger partial charge is 0.149 e. The third-order valence-corrected chi connectivity index (χ3v) is 5.64. The zero-order valence-corrected chi connectivity index (χ0v) is 16.6. The SMILES string of the molecule is Cc1cc2c3ccccc3n3c2c(c1)c1nccc2nc(CC(C)(C)C)c3n21. The highest BCUT2D eigenvalue weighted by atomic mass is 15.2. The van der Waals surface area contributed by atoms with Gasteiger partial charge in [0.25, 0.3) is 0 Å². The van der Waals surface area contributed by atoms with Gasteiger partial charge in [0.2, 0.25) is 0 Å². The summed E-state index contributed by atoms with van der Waals surface area (Å²) in [4.78, 5) is 9.84. The largest absolute Gasteiger partial charge is 0.293 e. The molecule has 0 amide bonds. The number of rotatable bonds is 1. The van der Waals surface area contributed by atoms with E-state index in [1.165, 1.54) is 32.8 Å². The second-order valence-electron chi connectivity index (χ2n) is 9.14. The summed E-state index contributed by atoms with van der Waals surface area (Å²) >= 11 is 0. The molecule has 0 radical (unpaired) electrons. The van der Waals surface area contributed by atoms with Crippen LogP contribution in [0.5, 0.6) is 0 Å². The number of benzene rings is 2. The highest BCUT2D eigenvalue weighted by Gasteiger charge is 2.24. The summed E-state index contributed by atoms with van der Waals surface area (Å²) in [5.74, 6) is 0. The maximum atomic E-state index is 5.05. The molecule has 0 atom stereocenters. The van der Waals surface area contributed by atoms with Gasteiger partial charge in [-0.05, 0) is 48.6 Å². The van der Waals surface area contributed by atoms with Gasteiger partial charge in [-0.3, -0.25) is 8.80 Å². The van der Waals surface area contributed by atoms with Crippen LogP contribution in [0.15, 0.2) is 48.7 Å². The number of para-hydroxylation sites is 1. The molecule has 2 aromatic carbocycles. The van der Waals surface area contributed by atoms with Gasteiger partial charge >= 0.3 is 0 Å². The Morgan fingerprint density at radius 3 is 2.54 bits per heavy atom. The van der Waals surface area contributed by atoms with Crippen LogP contribution in [0.25, 0.3) is 44.1 Å². The Morgan fingerprint density at radius 2 is 1.71 bits per heavy atom. The van der Waals surface area contributed by atoms with Crippen molar-refractivity contribution in [1.82, 2.24) is 18.8 Å². The molecule has 28 heavy (non-hydrogen) atoms. The van der Waals surface area contributed by atoms with E-state index in [2.05, 4.69) is 72.9 Å². The van der Waals surface area contributed by atoms with Crippen LogP contribution in [0.4, 0.5) is 0 Å². The lowest BCUT2D eigenvalue weighted by molar-refractivity contribution is 0.408. The minimum Gasteiger partial charge on any atom is -0.293 e. The van der Waals surface area contributed by atoms with Gasteiger partial charge in [-0.2, -0.15) is 0 Å². The first-order chi connectivity index (χ1) is 13.4. The van der Waals surface area contributed by atoms with Gasteiger partial charge in [0, 0.05) is 22.4 Å². The van der Waals surface area contributed by atoms with Crippen LogP contribution in [0, 0.1) is 12.3 Å². The van der Waals surface area contributed by atoms with Crippen molar-refractivity contribution >= 4 is 44.1 Å². The topological polar surface area (TPSA) is 34.6 Å². The zero-order chi connectivity index (χ0) is 19.2. The van der Waals surface area contributed by atoms with Crippen LogP contribution >= 0.6 is 0 Å². The molecular weight excluding hydrogens is 344 g/mol. The van der Waals surface area contributed by atoms with Crippen molar-refractivity contribution in [3.63, 3.8) is 0 Å². The van der Waals surface area contributed by atoms with Crippen molar-refractivity contribution in [3.05, 3.63) is 59.9 Å². The first kappa shape index (κ1) is 15.9.